The zero-order chi connectivity index (χ0) is 32.3. The van der Waals surface area contributed by atoms with E-state index in [0.29, 0.717) is 0 Å². The van der Waals surface area contributed by atoms with Crippen LogP contribution in [0.25, 0.3) is 0 Å². The van der Waals surface area contributed by atoms with Crippen LogP contribution in [0.3, 0.4) is 0 Å². The van der Waals surface area contributed by atoms with Crippen LogP contribution in [0.15, 0.2) is 36.8 Å². The minimum atomic E-state index is -2.20. The van der Waals surface area contributed by atoms with Crippen molar-refractivity contribution in [3.63, 3.8) is 0 Å². The van der Waals surface area contributed by atoms with E-state index < -0.39 is 16.8 Å². The molecule has 0 aromatic carbocycles. The molecule has 0 saturated heterocycles. The predicted octanol–water partition coefficient (Wildman–Crippen LogP) is 9.27. The molecule has 0 radical (unpaired) electrons. The fraction of sp³-hybridized carbons (Fsp3) is 0.775. The van der Waals surface area contributed by atoms with Gasteiger partial charge in [0.2, 0.25) is 0 Å². The molecule has 0 atom stereocenters. The third-order valence-electron chi connectivity index (χ3n) is 16.6. The first-order chi connectivity index (χ1) is 23.8. The molecule has 12 aliphatic carbocycles. The molecule has 3 heterocycles. The maximum atomic E-state index is 7.48. The van der Waals surface area contributed by atoms with Gasteiger partial charge in [-0.05, 0) is 0 Å². The maximum absolute atomic E-state index is 7.48. The van der Waals surface area contributed by atoms with E-state index in [0.717, 1.165) is 53.3 Å². The minimum absolute atomic E-state index is 0.195. The van der Waals surface area contributed by atoms with Crippen LogP contribution in [0.2, 0.25) is 0 Å². The van der Waals surface area contributed by atoms with E-state index in [9.17, 15) is 0 Å². The molecule has 3 aromatic heterocycles. The number of halogens is 2. The average Bonchev–Trinajstić information content (AvgIpc) is 3.83. The Balaban J connectivity index is 0.993. The molecule has 12 aliphatic rings. The zero-order valence-electron chi connectivity index (χ0n) is 28.7. The fourth-order valence-electron chi connectivity index (χ4n) is 16.1. The second-order valence-electron chi connectivity index (χ2n) is 19.8. The van der Waals surface area contributed by atoms with Gasteiger partial charge in [-0.15, -0.1) is 0 Å². The van der Waals surface area contributed by atoms with Crippen LogP contribution >= 0.6 is 20.2 Å². The van der Waals surface area contributed by atoms with Gasteiger partial charge < -0.3 is 0 Å². The van der Waals surface area contributed by atoms with Gasteiger partial charge in [-0.1, -0.05) is 0 Å². The summed E-state index contributed by atoms with van der Waals surface area (Å²) in [6.07, 6.45) is 31.1. The quantitative estimate of drug-likeness (QED) is 0.227. The molecule has 0 unspecified atom stereocenters. The van der Waals surface area contributed by atoms with Gasteiger partial charge in [-0.2, -0.15) is 0 Å². The third kappa shape index (κ3) is 4.23. The van der Waals surface area contributed by atoms with Gasteiger partial charge in [0.25, 0.3) is 0 Å². The van der Waals surface area contributed by atoms with Crippen molar-refractivity contribution in [2.24, 2.45) is 53.3 Å². The van der Waals surface area contributed by atoms with E-state index in [2.05, 4.69) is 50.8 Å². The number of rotatable bonds is 7. The summed E-state index contributed by atoms with van der Waals surface area (Å²) in [7, 11) is 15.0. The molecular formula is C40H51Cl2MnN6. The molecule has 6 nitrogen and oxygen atoms in total. The van der Waals surface area contributed by atoms with E-state index in [-0.39, 0.29) is 16.2 Å². The van der Waals surface area contributed by atoms with Crippen molar-refractivity contribution < 1.29 is 12.1 Å². The Kier molecular flexibility index (Phi) is 6.31. The summed E-state index contributed by atoms with van der Waals surface area (Å²) in [5, 5.41) is 16.8. The van der Waals surface area contributed by atoms with Crippen molar-refractivity contribution in [1.82, 2.24) is 29.3 Å². The van der Waals surface area contributed by atoms with Crippen LogP contribution in [0.4, 0.5) is 0 Å². The number of hydrogen-bond donors (Lipinski definition) is 0. The molecule has 0 spiro atoms. The molecular weight excluding hydrogens is 690 g/mol. The summed E-state index contributed by atoms with van der Waals surface area (Å²) in [5.41, 5.74) is 4.36. The molecule has 12 fully saturated rings. The van der Waals surface area contributed by atoms with Gasteiger partial charge >= 0.3 is 305 Å². The Morgan fingerprint density at radius 3 is 0.878 bits per heavy atom. The van der Waals surface area contributed by atoms with Crippen molar-refractivity contribution in [2.75, 3.05) is 0 Å². The van der Waals surface area contributed by atoms with Crippen LogP contribution in [0.1, 0.15) is 133 Å². The summed E-state index contributed by atoms with van der Waals surface area (Å²) >= 11 is -2.20. The van der Waals surface area contributed by atoms with Crippen molar-refractivity contribution in [1.29, 1.82) is 0 Å². The van der Waals surface area contributed by atoms with E-state index in [1.165, 1.54) is 133 Å². The molecule has 3 aromatic rings. The Bertz CT molecular complexity index is 1500. The van der Waals surface area contributed by atoms with Crippen molar-refractivity contribution >= 4 is 20.2 Å². The molecule has 262 valence electrons. The van der Waals surface area contributed by atoms with Crippen LogP contribution in [-0.2, 0) is 33.0 Å². The van der Waals surface area contributed by atoms with Gasteiger partial charge in [0.1, 0.15) is 0 Å². The van der Waals surface area contributed by atoms with Gasteiger partial charge in [0.15, 0.2) is 0 Å². The Labute approximate surface area is 303 Å². The number of nitrogens with zero attached hydrogens (tertiary/aromatic N) is 6. The second-order valence-corrected chi connectivity index (χ2v) is 24.1. The topological polar surface area (TPSA) is 53.5 Å². The van der Waals surface area contributed by atoms with Crippen molar-refractivity contribution in [2.45, 2.75) is 137 Å². The summed E-state index contributed by atoms with van der Waals surface area (Å²) in [4.78, 5) is 0. The normalized spacial score (nSPS) is 46.9. The Hall–Kier alpha value is -1.27. The van der Waals surface area contributed by atoms with Crippen LogP contribution in [0.5, 0.6) is 0 Å². The standard InChI is InChI=1S/C40H51N6.2ClH.Mn/c1-4-44(41-34(1)38-16-25-7-26(17-38)9-27(8-25)18-38)37(45-5-2-35(42-45)39-19-28-10-29(20-39)12-30(11-28)21-39)46-6-3-36(43-46)40-22-31-13-32(23-40)15-33(14-31)24-40;;;/h1-6,25-33H,7-24H2;2*1H;/q;;;+2/p-2. The summed E-state index contributed by atoms with van der Waals surface area (Å²) < 4.78 is 5.35. The van der Waals surface area contributed by atoms with E-state index in [1.807, 2.05) is 0 Å². The summed E-state index contributed by atoms with van der Waals surface area (Å²) in [6.45, 7) is 0. The van der Waals surface area contributed by atoms with Crippen LogP contribution < -0.4 is 0 Å². The van der Waals surface area contributed by atoms with E-state index >= 15 is 0 Å². The SMILES string of the molecule is [Cl][Mn]([Cl])[C](n1ccc(C23CC4CC(CC(C4)C2)C3)n1)(n1ccc(C23CC4CC(CC(C4)C2)C3)n1)n1ccc(C23CC4CC(CC(C4)C2)C3)n1. The molecule has 15 rings (SSSR count). The molecule has 9 heteroatoms. The summed E-state index contributed by atoms with van der Waals surface area (Å²) in [6, 6.07) is 6.98. The zero-order valence-corrected chi connectivity index (χ0v) is 31.4. The van der Waals surface area contributed by atoms with Crippen molar-refractivity contribution in [3.05, 3.63) is 53.9 Å². The van der Waals surface area contributed by atoms with E-state index in [4.69, 9.17) is 35.5 Å². The van der Waals surface area contributed by atoms with Gasteiger partial charge in [-0.25, -0.2) is 0 Å². The fourth-order valence-corrected chi connectivity index (χ4v) is 18.8. The van der Waals surface area contributed by atoms with Gasteiger partial charge in [-0.3, -0.25) is 0 Å². The van der Waals surface area contributed by atoms with Gasteiger partial charge in [0.05, 0.1) is 0 Å². The molecule has 0 N–H and O–H groups in total. The number of aromatic nitrogens is 6. The molecule has 49 heavy (non-hydrogen) atoms. The number of hydrogen-bond acceptors (Lipinski definition) is 3. The molecule has 0 amide bonds. The van der Waals surface area contributed by atoms with E-state index in [1.54, 1.807) is 0 Å². The van der Waals surface area contributed by atoms with Crippen molar-refractivity contribution in [3.8, 4) is 0 Å². The average molecular weight is 742 g/mol. The second kappa shape index (κ2) is 10.2. The first-order valence-electron chi connectivity index (χ1n) is 20.0. The van der Waals surface area contributed by atoms with Crippen LogP contribution in [-0.4, -0.2) is 29.3 Å². The monoisotopic (exact) mass is 740 g/mol. The first kappa shape index (κ1) is 30.2. The third-order valence-corrected chi connectivity index (χ3v) is 19.6. The molecule has 0 aliphatic heterocycles. The van der Waals surface area contributed by atoms with Gasteiger partial charge in [0, 0.05) is 0 Å². The molecule has 12 bridgehead atoms. The Morgan fingerprint density at radius 1 is 0.449 bits per heavy atom. The predicted molar refractivity (Wildman–Crippen MR) is 187 cm³/mol. The Morgan fingerprint density at radius 2 is 0.673 bits per heavy atom. The summed E-state index contributed by atoms with van der Waals surface area (Å²) in [5.74, 6) is 7.79. The molecule has 12 saturated carbocycles. The van der Waals surface area contributed by atoms with Crippen LogP contribution in [0, 0.1) is 53.3 Å². The first-order valence-corrected chi connectivity index (χ1v) is 23.9.